The highest BCUT2D eigenvalue weighted by atomic mass is 19.1. The lowest BCUT2D eigenvalue weighted by atomic mass is 9.95. The second kappa shape index (κ2) is 6.03. The monoisotopic (exact) mass is 337 g/mol. The first-order valence-electron chi connectivity index (χ1n) is 8.68. The van der Waals surface area contributed by atoms with Gasteiger partial charge in [-0.15, -0.1) is 0 Å². The number of benzene rings is 2. The van der Waals surface area contributed by atoms with Crippen LogP contribution in [0.5, 0.6) is 0 Å². The normalized spacial score (nSPS) is 13.8. The molecule has 3 nitrogen and oxygen atoms in total. The van der Waals surface area contributed by atoms with E-state index in [9.17, 15) is 14.3 Å². The number of halogens is 1. The maximum absolute atomic E-state index is 14.6. The molecule has 4 rings (SSSR count). The minimum absolute atomic E-state index is 0.207. The molecule has 0 unspecified atom stereocenters. The number of carboxylic acids is 1. The van der Waals surface area contributed by atoms with E-state index >= 15 is 0 Å². The highest BCUT2D eigenvalue weighted by Gasteiger charge is 2.24. The molecule has 2 aromatic carbocycles. The molecule has 25 heavy (non-hydrogen) atoms. The van der Waals surface area contributed by atoms with Gasteiger partial charge in [0.2, 0.25) is 0 Å². The van der Waals surface area contributed by atoms with Crippen molar-refractivity contribution in [3.8, 4) is 0 Å². The topological polar surface area (TPSA) is 42.2 Å². The minimum Gasteiger partial charge on any atom is -0.478 e. The number of aromatic nitrogens is 1. The molecule has 0 amide bonds. The molecule has 1 aliphatic carbocycles. The SMILES string of the molecule is Cc1cccc(Cn2c3c(c4cccc(C(=O)O)c42)CCCC3)c1F. The Morgan fingerprint density at radius 3 is 2.72 bits per heavy atom. The van der Waals surface area contributed by atoms with Gasteiger partial charge >= 0.3 is 5.97 Å². The van der Waals surface area contributed by atoms with Gasteiger partial charge in [0.25, 0.3) is 0 Å². The lowest BCUT2D eigenvalue weighted by Gasteiger charge is -2.17. The third-order valence-corrected chi connectivity index (χ3v) is 5.23. The Labute approximate surface area is 145 Å². The van der Waals surface area contributed by atoms with E-state index in [1.807, 2.05) is 16.7 Å². The molecule has 0 saturated carbocycles. The van der Waals surface area contributed by atoms with Crippen molar-refractivity contribution in [3.05, 3.63) is 70.2 Å². The van der Waals surface area contributed by atoms with Gasteiger partial charge in [-0.25, -0.2) is 9.18 Å². The average Bonchev–Trinajstić information content (AvgIpc) is 2.93. The Balaban J connectivity index is 1.98. The number of rotatable bonds is 3. The molecule has 128 valence electrons. The fraction of sp³-hybridized carbons (Fsp3) is 0.286. The summed E-state index contributed by atoms with van der Waals surface area (Å²) in [5, 5.41) is 10.6. The lowest BCUT2D eigenvalue weighted by Crippen LogP contribution is -2.11. The number of nitrogens with zero attached hydrogens (tertiary/aromatic N) is 1. The molecule has 0 aliphatic heterocycles. The Hall–Kier alpha value is -2.62. The lowest BCUT2D eigenvalue weighted by molar-refractivity contribution is 0.0698. The van der Waals surface area contributed by atoms with E-state index in [-0.39, 0.29) is 5.82 Å². The van der Waals surface area contributed by atoms with Crippen molar-refractivity contribution in [1.29, 1.82) is 0 Å². The summed E-state index contributed by atoms with van der Waals surface area (Å²) in [5.41, 5.74) is 4.63. The molecule has 0 spiro atoms. The smallest absolute Gasteiger partial charge is 0.337 e. The molecular formula is C21H20FNO2. The quantitative estimate of drug-likeness (QED) is 0.752. The molecule has 3 aromatic rings. The highest BCUT2D eigenvalue weighted by molar-refractivity contribution is 6.04. The van der Waals surface area contributed by atoms with Crippen molar-refractivity contribution in [2.45, 2.75) is 39.2 Å². The molecule has 0 fully saturated rings. The second-order valence-corrected chi connectivity index (χ2v) is 6.77. The van der Waals surface area contributed by atoms with Crippen LogP contribution in [0.4, 0.5) is 4.39 Å². The molecular weight excluding hydrogens is 317 g/mol. The van der Waals surface area contributed by atoms with Crippen LogP contribution in [0.2, 0.25) is 0 Å². The Morgan fingerprint density at radius 2 is 1.92 bits per heavy atom. The van der Waals surface area contributed by atoms with Gasteiger partial charge in [0.15, 0.2) is 0 Å². The van der Waals surface area contributed by atoms with Crippen LogP contribution in [-0.4, -0.2) is 15.6 Å². The van der Waals surface area contributed by atoms with Gasteiger partial charge in [0, 0.05) is 16.6 Å². The van der Waals surface area contributed by atoms with Gasteiger partial charge < -0.3 is 9.67 Å². The third-order valence-electron chi connectivity index (χ3n) is 5.23. The van der Waals surface area contributed by atoms with Gasteiger partial charge in [-0.1, -0.05) is 30.3 Å². The van der Waals surface area contributed by atoms with Crippen LogP contribution in [0.25, 0.3) is 10.9 Å². The van der Waals surface area contributed by atoms with Crippen molar-refractivity contribution >= 4 is 16.9 Å². The number of carboxylic acid groups (broad SMARTS) is 1. The van der Waals surface area contributed by atoms with Crippen molar-refractivity contribution in [2.24, 2.45) is 0 Å². The number of hydrogen-bond acceptors (Lipinski definition) is 1. The fourth-order valence-electron chi connectivity index (χ4n) is 4.04. The average molecular weight is 337 g/mol. The molecule has 0 radical (unpaired) electrons. The van der Waals surface area contributed by atoms with E-state index in [4.69, 9.17) is 0 Å². The zero-order chi connectivity index (χ0) is 17.6. The molecule has 0 atom stereocenters. The Morgan fingerprint density at radius 1 is 1.16 bits per heavy atom. The van der Waals surface area contributed by atoms with Crippen LogP contribution in [0.3, 0.4) is 0 Å². The predicted octanol–water partition coefficient (Wildman–Crippen LogP) is 4.71. The summed E-state index contributed by atoms with van der Waals surface area (Å²) in [6, 6.07) is 10.8. The molecule has 0 saturated heterocycles. The summed E-state index contributed by atoms with van der Waals surface area (Å²) in [6.07, 6.45) is 4.07. The van der Waals surface area contributed by atoms with Gasteiger partial charge in [-0.3, -0.25) is 0 Å². The first-order chi connectivity index (χ1) is 12.1. The van der Waals surface area contributed by atoms with Gasteiger partial charge in [-0.05, 0) is 49.8 Å². The summed E-state index contributed by atoms with van der Waals surface area (Å²) in [6.45, 7) is 2.12. The van der Waals surface area contributed by atoms with E-state index in [1.54, 1.807) is 31.2 Å². The number of carbonyl (C=O) groups is 1. The predicted molar refractivity (Wildman–Crippen MR) is 95.8 cm³/mol. The Bertz CT molecular complexity index is 987. The summed E-state index contributed by atoms with van der Waals surface area (Å²) >= 11 is 0. The van der Waals surface area contributed by atoms with E-state index in [2.05, 4.69) is 0 Å². The van der Waals surface area contributed by atoms with Crippen molar-refractivity contribution in [2.75, 3.05) is 0 Å². The third kappa shape index (κ3) is 2.53. The number of aryl methyl sites for hydroxylation is 2. The molecule has 0 bridgehead atoms. The van der Waals surface area contributed by atoms with Crippen LogP contribution in [0.15, 0.2) is 36.4 Å². The summed E-state index contributed by atoms with van der Waals surface area (Å²) in [7, 11) is 0. The summed E-state index contributed by atoms with van der Waals surface area (Å²) in [5.74, 6) is -1.15. The molecule has 4 heteroatoms. The number of para-hydroxylation sites is 1. The van der Waals surface area contributed by atoms with E-state index < -0.39 is 5.97 Å². The number of fused-ring (bicyclic) bond motifs is 3. The molecule has 1 aliphatic rings. The highest BCUT2D eigenvalue weighted by Crippen LogP contribution is 2.35. The maximum Gasteiger partial charge on any atom is 0.337 e. The second-order valence-electron chi connectivity index (χ2n) is 6.77. The van der Waals surface area contributed by atoms with Gasteiger partial charge in [0.1, 0.15) is 5.82 Å². The standard InChI is InChI=1S/C21H20FNO2/c1-13-6-4-7-14(19(13)22)12-23-18-11-3-2-8-15(18)16-9-5-10-17(20(16)23)21(24)25/h4-7,9-10H,2-3,8,11-12H2,1H3,(H,24,25). The number of aromatic carboxylic acids is 1. The molecule has 1 aromatic heterocycles. The van der Waals surface area contributed by atoms with Crippen LogP contribution in [0.1, 0.15) is 45.6 Å². The zero-order valence-electron chi connectivity index (χ0n) is 14.2. The minimum atomic E-state index is -0.939. The largest absolute Gasteiger partial charge is 0.478 e. The van der Waals surface area contributed by atoms with Crippen molar-refractivity contribution in [1.82, 2.24) is 4.57 Å². The van der Waals surface area contributed by atoms with Crippen LogP contribution < -0.4 is 0 Å². The number of hydrogen-bond donors (Lipinski definition) is 1. The summed E-state index contributed by atoms with van der Waals surface area (Å²) in [4.78, 5) is 11.8. The zero-order valence-corrected chi connectivity index (χ0v) is 14.2. The molecule has 1 heterocycles. The van der Waals surface area contributed by atoms with Crippen molar-refractivity contribution in [3.63, 3.8) is 0 Å². The van der Waals surface area contributed by atoms with E-state index in [1.165, 1.54) is 5.56 Å². The van der Waals surface area contributed by atoms with E-state index in [0.29, 0.717) is 23.2 Å². The van der Waals surface area contributed by atoms with Gasteiger partial charge in [0.05, 0.1) is 17.6 Å². The fourth-order valence-corrected chi connectivity index (χ4v) is 4.04. The first-order valence-corrected chi connectivity index (χ1v) is 8.68. The van der Waals surface area contributed by atoms with Crippen LogP contribution >= 0.6 is 0 Å². The molecule has 1 N–H and O–H groups in total. The Kier molecular flexibility index (Phi) is 3.83. The van der Waals surface area contributed by atoms with Crippen LogP contribution in [0, 0.1) is 12.7 Å². The van der Waals surface area contributed by atoms with Crippen molar-refractivity contribution < 1.29 is 14.3 Å². The maximum atomic E-state index is 14.6. The van der Waals surface area contributed by atoms with E-state index in [0.717, 1.165) is 42.3 Å². The van der Waals surface area contributed by atoms with Gasteiger partial charge in [-0.2, -0.15) is 0 Å². The first kappa shape index (κ1) is 15.9. The summed E-state index contributed by atoms with van der Waals surface area (Å²) < 4.78 is 16.6. The van der Waals surface area contributed by atoms with Crippen LogP contribution in [-0.2, 0) is 19.4 Å².